The summed E-state index contributed by atoms with van der Waals surface area (Å²) in [6.45, 7) is 5.51. The fraction of sp³-hybridized carbons (Fsp3) is 0.217. The third-order valence-electron chi connectivity index (χ3n) is 4.74. The minimum atomic E-state index is -0.277. The highest BCUT2D eigenvalue weighted by Crippen LogP contribution is 2.23. The van der Waals surface area contributed by atoms with Crippen molar-refractivity contribution < 1.29 is 14.9 Å². The van der Waals surface area contributed by atoms with Crippen LogP contribution < -0.4 is 10.6 Å². The Morgan fingerprint density at radius 3 is 2.25 bits per heavy atom. The van der Waals surface area contributed by atoms with E-state index < -0.39 is 0 Å². The van der Waals surface area contributed by atoms with E-state index in [9.17, 15) is 9.59 Å². The third kappa shape index (κ3) is 4.94. The van der Waals surface area contributed by atoms with E-state index in [1.54, 1.807) is 35.6 Å². The zero-order valence-electron chi connectivity index (χ0n) is 16.3. The van der Waals surface area contributed by atoms with Crippen LogP contribution in [0.25, 0.3) is 0 Å². The van der Waals surface area contributed by atoms with E-state index in [4.69, 9.17) is 0 Å². The van der Waals surface area contributed by atoms with Crippen molar-refractivity contribution in [1.29, 1.82) is 0 Å². The molecule has 5 heteroatoms. The van der Waals surface area contributed by atoms with Gasteiger partial charge < -0.3 is 10.6 Å². The van der Waals surface area contributed by atoms with Gasteiger partial charge in [0.2, 0.25) is 0 Å². The number of carbonyl (C=O) groups excluding carboxylic acids is 2. The molecule has 1 heterocycles. The van der Waals surface area contributed by atoms with Crippen LogP contribution in [0.3, 0.4) is 0 Å². The van der Waals surface area contributed by atoms with Gasteiger partial charge in [0.05, 0.1) is 4.88 Å². The highest BCUT2D eigenvalue weighted by atomic mass is 32.1. The fourth-order valence-electron chi connectivity index (χ4n) is 3.03. The zero-order valence-corrected chi connectivity index (χ0v) is 17.1. The summed E-state index contributed by atoms with van der Waals surface area (Å²) in [5, 5.41) is 7.10. The second-order valence-corrected chi connectivity index (χ2v) is 7.99. The van der Waals surface area contributed by atoms with Gasteiger partial charge in [-0.15, -0.1) is 11.3 Å². The number of carbonyl (C=O) groups is 2. The number of thiophene rings is 1. The Hall–Kier alpha value is -2.76. The number of quaternary nitrogens is 1. The van der Waals surface area contributed by atoms with Crippen LogP contribution in [0.4, 0.5) is 5.69 Å². The molecule has 0 aliphatic rings. The summed E-state index contributed by atoms with van der Waals surface area (Å²) in [7, 11) is 0. The number of nitrogens with two attached hydrogens (primary N) is 1. The first-order valence-electron chi connectivity index (χ1n) is 9.31. The number of hydrogen-bond acceptors (Lipinski definition) is 3. The summed E-state index contributed by atoms with van der Waals surface area (Å²) in [4.78, 5) is 25.3. The molecule has 0 unspecified atom stereocenters. The van der Waals surface area contributed by atoms with E-state index in [0.29, 0.717) is 11.3 Å². The molecule has 2 atom stereocenters. The maximum absolute atomic E-state index is 12.7. The van der Waals surface area contributed by atoms with Crippen molar-refractivity contribution in [1.82, 2.24) is 0 Å². The molecule has 28 heavy (non-hydrogen) atoms. The molecule has 3 N–H and O–H groups in total. The molecule has 1 amide bonds. The number of anilines is 1. The second kappa shape index (κ2) is 8.95. The van der Waals surface area contributed by atoms with Crippen molar-refractivity contribution in [3.05, 3.63) is 87.6 Å². The first kappa shape index (κ1) is 20.0. The molecule has 0 aliphatic carbocycles. The van der Waals surface area contributed by atoms with Gasteiger partial charge in [-0.3, -0.25) is 9.59 Å². The SMILES string of the molecule is CC(=O)c1ccc(NC(=O)[C@H](C)[NH2+][C@H](c2ccc(C)cc2)c2cccs2)cc1. The van der Waals surface area contributed by atoms with E-state index in [1.807, 2.05) is 13.0 Å². The minimum absolute atomic E-state index is 0.0106. The number of aryl methyl sites for hydroxylation is 1. The number of ketones is 1. The summed E-state index contributed by atoms with van der Waals surface area (Å²) in [5.41, 5.74) is 3.72. The highest BCUT2D eigenvalue weighted by molar-refractivity contribution is 7.10. The van der Waals surface area contributed by atoms with Gasteiger partial charge in [0, 0.05) is 16.8 Å². The fourth-order valence-corrected chi connectivity index (χ4v) is 3.87. The van der Waals surface area contributed by atoms with Gasteiger partial charge in [-0.1, -0.05) is 35.9 Å². The number of hydrogen-bond donors (Lipinski definition) is 2. The average Bonchev–Trinajstić information content (AvgIpc) is 3.21. The van der Waals surface area contributed by atoms with E-state index in [1.165, 1.54) is 22.9 Å². The Morgan fingerprint density at radius 1 is 1.00 bits per heavy atom. The van der Waals surface area contributed by atoms with Crippen molar-refractivity contribution in [3.8, 4) is 0 Å². The predicted molar refractivity (Wildman–Crippen MR) is 114 cm³/mol. The van der Waals surface area contributed by atoms with Crippen LogP contribution in [0.15, 0.2) is 66.0 Å². The van der Waals surface area contributed by atoms with Crippen molar-refractivity contribution in [2.24, 2.45) is 0 Å². The smallest absolute Gasteiger partial charge is 0.282 e. The van der Waals surface area contributed by atoms with Crippen LogP contribution in [0.2, 0.25) is 0 Å². The Kier molecular flexibility index (Phi) is 6.39. The number of nitrogens with one attached hydrogen (secondary N) is 1. The topological polar surface area (TPSA) is 62.8 Å². The number of rotatable bonds is 7. The largest absolute Gasteiger partial charge is 0.326 e. The van der Waals surface area contributed by atoms with Gasteiger partial charge in [-0.05, 0) is 56.5 Å². The normalized spacial score (nSPS) is 13.0. The summed E-state index contributed by atoms with van der Waals surface area (Å²) < 4.78 is 0. The molecule has 0 fully saturated rings. The third-order valence-corrected chi connectivity index (χ3v) is 5.70. The molecule has 0 bridgehead atoms. The molecular weight excluding hydrogens is 368 g/mol. The lowest BCUT2D eigenvalue weighted by atomic mass is 10.0. The first-order chi connectivity index (χ1) is 13.4. The Labute approximate surface area is 169 Å². The van der Waals surface area contributed by atoms with E-state index in [-0.39, 0.29) is 23.8 Å². The molecule has 1 aromatic heterocycles. The van der Waals surface area contributed by atoms with Crippen LogP contribution in [0.5, 0.6) is 0 Å². The molecule has 0 saturated heterocycles. The molecule has 144 valence electrons. The highest BCUT2D eigenvalue weighted by Gasteiger charge is 2.25. The maximum atomic E-state index is 12.7. The van der Waals surface area contributed by atoms with Crippen LogP contribution in [0.1, 0.15) is 46.3 Å². The monoisotopic (exact) mass is 393 g/mol. The number of benzene rings is 2. The minimum Gasteiger partial charge on any atom is -0.326 e. The molecule has 4 nitrogen and oxygen atoms in total. The van der Waals surface area contributed by atoms with Gasteiger partial charge >= 0.3 is 0 Å². The van der Waals surface area contributed by atoms with Crippen molar-refractivity contribution in [2.45, 2.75) is 32.9 Å². The van der Waals surface area contributed by atoms with Crippen molar-refractivity contribution >= 4 is 28.7 Å². The van der Waals surface area contributed by atoms with Crippen LogP contribution in [-0.2, 0) is 4.79 Å². The first-order valence-corrected chi connectivity index (χ1v) is 10.2. The van der Waals surface area contributed by atoms with Crippen LogP contribution in [0, 0.1) is 6.92 Å². The molecule has 0 radical (unpaired) electrons. The van der Waals surface area contributed by atoms with Crippen molar-refractivity contribution in [2.75, 3.05) is 5.32 Å². The standard InChI is InChI=1S/C23H24N2O2S/c1-15-6-8-19(9-7-15)22(21-5-4-14-28-21)24-16(2)23(27)25-20-12-10-18(11-13-20)17(3)26/h4-14,16,22,24H,1-3H3,(H,25,27)/p+1/t16-,22+/m0/s1. The Morgan fingerprint density at radius 2 is 1.68 bits per heavy atom. The summed E-state index contributed by atoms with van der Waals surface area (Å²) in [5.74, 6) is -0.0549. The van der Waals surface area contributed by atoms with Gasteiger partial charge in [-0.2, -0.15) is 0 Å². The van der Waals surface area contributed by atoms with E-state index in [2.05, 4.69) is 53.3 Å². The summed E-state index contributed by atoms with van der Waals surface area (Å²) in [6.07, 6.45) is 0. The number of amides is 1. The maximum Gasteiger partial charge on any atom is 0.282 e. The van der Waals surface area contributed by atoms with Crippen molar-refractivity contribution in [3.63, 3.8) is 0 Å². The quantitative estimate of drug-likeness (QED) is 0.597. The molecule has 0 spiro atoms. The summed E-state index contributed by atoms with van der Waals surface area (Å²) in [6, 6.07) is 19.4. The molecule has 0 aliphatic heterocycles. The summed E-state index contributed by atoms with van der Waals surface area (Å²) >= 11 is 1.70. The molecule has 0 saturated carbocycles. The molecule has 3 aromatic rings. The van der Waals surface area contributed by atoms with Crippen LogP contribution in [-0.4, -0.2) is 17.7 Å². The van der Waals surface area contributed by atoms with Crippen LogP contribution >= 0.6 is 11.3 Å². The lowest BCUT2D eigenvalue weighted by molar-refractivity contribution is -0.703. The lowest BCUT2D eigenvalue weighted by Crippen LogP contribution is -2.92. The van der Waals surface area contributed by atoms with Gasteiger partial charge in [0.15, 0.2) is 11.8 Å². The van der Waals surface area contributed by atoms with Gasteiger partial charge in [0.25, 0.3) is 5.91 Å². The lowest BCUT2D eigenvalue weighted by Gasteiger charge is -2.19. The molecule has 3 rings (SSSR count). The molecular formula is C23H25N2O2S+. The Bertz CT molecular complexity index is 932. The predicted octanol–water partition coefficient (Wildman–Crippen LogP) is 3.94. The van der Waals surface area contributed by atoms with Gasteiger partial charge in [0.1, 0.15) is 6.04 Å². The zero-order chi connectivity index (χ0) is 20.1. The van der Waals surface area contributed by atoms with Gasteiger partial charge in [-0.25, -0.2) is 0 Å². The molecule has 2 aromatic carbocycles. The second-order valence-electron chi connectivity index (χ2n) is 7.01. The Balaban J connectivity index is 1.72. The van der Waals surface area contributed by atoms with E-state index >= 15 is 0 Å². The van der Waals surface area contributed by atoms with E-state index in [0.717, 1.165) is 0 Å². The average molecular weight is 394 g/mol. The number of Topliss-reactive ketones (excluding diaryl/α,β-unsaturated/α-hetero) is 1.